The highest BCUT2D eigenvalue weighted by Gasteiger charge is 2.55. The van der Waals surface area contributed by atoms with Crippen LogP contribution in [0.2, 0.25) is 0 Å². The summed E-state index contributed by atoms with van der Waals surface area (Å²) in [6.45, 7) is 2.01. The number of benzene rings is 2. The molecule has 10 heteroatoms. The van der Waals surface area contributed by atoms with Gasteiger partial charge in [0.15, 0.2) is 5.54 Å². The molecule has 2 heterocycles. The van der Waals surface area contributed by atoms with E-state index in [2.05, 4.69) is 4.98 Å². The van der Waals surface area contributed by atoms with Crippen LogP contribution in [-0.2, 0) is 20.4 Å². The average molecular weight is 465 g/mol. The number of hydrogen-bond acceptors (Lipinski definition) is 8. The van der Waals surface area contributed by atoms with Crippen LogP contribution in [0.1, 0.15) is 23.6 Å². The number of nitrogens with two attached hydrogens (primary N) is 1. The number of sulfonamides is 1. The molecule has 1 aliphatic heterocycles. The molecule has 4 rings (SSSR count). The van der Waals surface area contributed by atoms with E-state index in [0.29, 0.717) is 10.1 Å². The predicted molar refractivity (Wildman–Crippen MR) is 119 cm³/mol. The summed E-state index contributed by atoms with van der Waals surface area (Å²) in [7, 11) is -2.88. The van der Waals surface area contributed by atoms with Gasteiger partial charge < -0.3 is 15.2 Å². The van der Waals surface area contributed by atoms with Crippen molar-refractivity contribution in [2.45, 2.75) is 17.4 Å². The summed E-state index contributed by atoms with van der Waals surface area (Å²) in [6.07, 6.45) is 1.48. The quantitative estimate of drug-likeness (QED) is 0.587. The van der Waals surface area contributed by atoms with E-state index in [-0.39, 0.29) is 39.8 Å². The normalized spacial score (nSPS) is 17.4. The van der Waals surface area contributed by atoms with E-state index in [9.17, 15) is 18.5 Å². The number of carbonyl (C=O) groups excluding carboxylic acids is 1. The number of carbonyl (C=O) groups is 1. The van der Waals surface area contributed by atoms with Crippen molar-refractivity contribution in [2.75, 3.05) is 18.0 Å². The average Bonchev–Trinajstić information content (AvgIpc) is 3.07. The number of anilines is 1. The SMILES string of the molecule is CCOc1ncccc1C1(N)C(=O)N(S(=O)(=O)c2ccc(OC)cc2)c2ccc(C#N)cc21. The lowest BCUT2D eigenvalue weighted by Crippen LogP contribution is -2.50. The third-order valence-electron chi connectivity index (χ3n) is 5.37. The maximum atomic E-state index is 13.8. The Balaban J connectivity index is 1.96. The van der Waals surface area contributed by atoms with Gasteiger partial charge in [-0.25, -0.2) is 17.7 Å². The van der Waals surface area contributed by atoms with E-state index in [4.69, 9.17) is 15.2 Å². The molecule has 1 unspecified atom stereocenters. The van der Waals surface area contributed by atoms with Crippen molar-refractivity contribution in [3.63, 3.8) is 0 Å². The molecular weight excluding hydrogens is 444 g/mol. The topological polar surface area (TPSA) is 136 Å². The highest BCUT2D eigenvalue weighted by molar-refractivity contribution is 7.93. The minimum atomic E-state index is -4.35. The van der Waals surface area contributed by atoms with Crippen molar-refractivity contribution in [1.29, 1.82) is 5.26 Å². The van der Waals surface area contributed by atoms with Crippen LogP contribution in [0.3, 0.4) is 0 Å². The van der Waals surface area contributed by atoms with Gasteiger partial charge in [-0.15, -0.1) is 0 Å². The second-order valence-corrected chi connectivity index (χ2v) is 8.98. The van der Waals surface area contributed by atoms with Crippen LogP contribution in [0.5, 0.6) is 11.6 Å². The molecule has 0 spiro atoms. The number of nitriles is 1. The number of ether oxygens (including phenoxy) is 2. The number of fused-ring (bicyclic) bond motifs is 1. The Morgan fingerprint density at radius 3 is 2.52 bits per heavy atom. The Hall–Kier alpha value is -3.94. The van der Waals surface area contributed by atoms with Gasteiger partial charge in [0.25, 0.3) is 15.9 Å². The predicted octanol–water partition coefficient (Wildman–Crippen LogP) is 2.30. The van der Waals surface area contributed by atoms with E-state index in [0.717, 1.165) is 0 Å². The number of amides is 1. The number of aromatic nitrogens is 1. The fraction of sp³-hybridized carbons (Fsp3) is 0.174. The molecule has 33 heavy (non-hydrogen) atoms. The molecule has 0 saturated heterocycles. The summed E-state index contributed by atoms with van der Waals surface area (Å²) in [5.74, 6) is -0.337. The second-order valence-electron chi connectivity index (χ2n) is 7.19. The highest BCUT2D eigenvalue weighted by atomic mass is 32.2. The molecule has 3 aromatic rings. The van der Waals surface area contributed by atoms with Gasteiger partial charge in [0.1, 0.15) is 5.75 Å². The zero-order chi connectivity index (χ0) is 23.8. The molecular formula is C23H20N4O5S. The van der Waals surface area contributed by atoms with Gasteiger partial charge in [0.2, 0.25) is 5.88 Å². The number of pyridine rings is 1. The van der Waals surface area contributed by atoms with Gasteiger partial charge in [-0.3, -0.25) is 4.79 Å². The molecule has 1 atom stereocenters. The van der Waals surface area contributed by atoms with Gasteiger partial charge in [-0.1, -0.05) is 0 Å². The molecule has 0 saturated carbocycles. The van der Waals surface area contributed by atoms with Gasteiger partial charge in [0.05, 0.1) is 35.9 Å². The maximum absolute atomic E-state index is 13.8. The first-order valence-corrected chi connectivity index (χ1v) is 11.4. The Kier molecular flexibility index (Phi) is 5.53. The summed E-state index contributed by atoms with van der Waals surface area (Å²) >= 11 is 0. The fourth-order valence-corrected chi connectivity index (χ4v) is 5.25. The van der Waals surface area contributed by atoms with Crippen molar-refractivity contribution in [2.24, 2.45) is 5.73 Å². The molecule has 0 bridgehead atoms. The Labute approximate surface area is 191 Å². The highest BCUT2D eigenvalue weighted by Crippen LogP contribution is 2.47. The molecule has 9 nitrogen and oxygen atoms in total. The van der Waals surface area contributed by atoms with Crippen LogP contribution in [0.15, 0.2) is 65.7 Å². The van der Waals surface area contributed by atoms with Crippen molar-refractivity contribution in [3.05, 3.63) is 77.5 Å². The summed E-state index contributed by atoms with van der Waals surface area (Å²) in [6, 6.07) is 15.0. The minimum Gasteiger partial charge on any atom is -0.497 e. The first kappa shape index (κ1) is 22.3. The van der Waals surface area contributed by atoms with Crippen LogP contribution in [0.4, 0.5) is 5.69 Å². The molecule has 1 aromatic heterocycles. The van der Waals surface area contributed by atoms with Crippen LogP contribution in [0, 0.1) is 11.3 Å². The minimum absolute atomic E-state index is 0.0589. The molecule has 1 amide bonds. The van der Waals surface area contributed by atoms with Crippen LogP contribution >= 0.6 is 0 Å². The molecule has 2 N–H and O–H groups in total. The summed E-state index contributed by atoms with van der Waals surface area (Å²) in [5, 5.41) is 9.41. The Morgan fingerprint density at radius 1 is 1.15 bits per heavy atom. The first-order valence-electron chi connectivity index (χ1n) is 9.94. The van der Waals surface area contributed by atoms with Gasteiger partial charge >= 0.3 is 0 Å². The molecule has 0 fully saturated rings. The number of rotatable bonds is 6. The standard InChI is InChI=1S/C23H20N4O5S/c1-3-32-21-18(5-4-12-26-21)23(25)19-13-15(14-24)6-11-20(19)27(22(23)28)33(29,30)17-9-7-16(31-2)8-10-17/h4-13H,3,25H2,1-2H3. The Bertz CT molecular complexity index is 1380. The number of nitrogens with zero attached hydrogens (tertiary/aromatic N) is 3. The summed E-state index contributed by atoms with van der Waals surface area (Å²) in [4.78, 5) is 17.9. The Morgan fingerprint density at radius 2 is 1.88 bits per heavy atom. The molecule has 0 aliphatic carbocycles. The van der Waals surface area contributed by atoms with Crippen molar-refractivity contribution < 1.29 is 22.7 Å². The maximum Gasteiger partial charge on any atom is 0.270 e. The van der Waals surface area contributed by atoms with Crippen LogP contribution in [-0.4, -0.2) is 33.0 Å². The van der Waals surface area contributed by atoms with Gasteiger partial charge in [-0.2, -0.15) is 5.26 Å². The zero-order valence-electron chi connectivity index (χ0n) is 17.8. The fourth-order valence-electron chi connectivity index (χ4n) is 3.78. The van der Waals surface area contributed by atoms with Crippen molar-refractivity contribution in [1.82, 2.24) is 4.98 Å². The number of hydrogen-bond donors (Lipinski definition) is 1. The zero-order valence-corrected chi connectivity index (χ0v) is 18.7. The first-order chi connectivity index (χ1) is 15.8. The van der Waals surface area contributed by atoms with Crippen molar-refractivity contribution >= 4 is 21.6 Å². The lowest BCUT2D eigenvalue weighted by atomic mass is 9.85. The second kappa shape index (κ2) is 8.20. The molecule has 168 valence electrons. The summed E-state index contributed by atoms with van der Waals surface area (Å²) in [5.41, 5.74) is 5.39. The smallest absolute Gasteiger partial charge is 0.270 e. The number of methoxy groups -OCH3 is 1. The third-order valence-corrected chi connectivity index (χ3v) is 7.08. The van der Waals surface area contributed by atoms with E-state index >= 15 is 0 Å². The lowest BCUT2D eigenvalue weighted by molar-refractivity contribution is -0.120. The van der Waals surface area contributed by atoms with Gasteiger partial charge in [-0.05, 0) is 61.5 Å². The molecule has 1 aliphatic rings. The summed E-state index contributed by atoms with van der Waals surface area (Å²) < 4.78 is 38.5. The lowest BCUT2D eigenvalue weighted by Gasteiger charge is -2.26. The third kappa shape index (κ3) is 3.38. The molecule has 2 aromatic carbocycles. The van der Waals surface area contributed by atoms with E-state index in [1.807, 2.05) is 6.07 Å². The van der Waals surface area contributed by atoms with E-state index in [1.165, 1.54) is 55.8 Å². The van der Waals surface area contributed by atoms with Crippen molar-refractivity contribution in [3.8, 4) is 17.7 Å². The monoisotopic (exact) mass is 464 g/mol. The van der Waals surface area contributed by atoms with E-state index in [1.54, 1.807) is 19.1 Å². The van der Waals surface area contributed by atoms with Gasteiger partial charge in [0, 0.05) is 17.3 Å². The largest absolute Gasteiger partial charge is 0.497 e. The van der Waals surface area contributed by atoms with E-state index < -0.39 is 21.5 Å². The molecule has 0 radical (unpaired) electrons. The van der Waals surface area contributed by atoms with Crippen LogP contribution in [0.25, 0.3) is 0 Å². The van der Waals surface area contributed by atoms with Crippen LogP contribution < -0.4 is 19.5 Å².